The van der Waals surface area contributed by atoms with E-state index in [1.54, 1.807) is 0 Å². The Morgan fingerprint density at radius 3 is 2.00 bits per heavy atom. The van der Waals surface area contributed by atoms with Gasteiger partial charge in [0.1, 0.15) is 10.6 Å². The summed E-state index contributed by atoms with van der Waals surface area (Å²) in [7, 11) is -4.72. The molecule has 6 nitrogen and oxygen atoms in total. The molecule has 0 aromatic heterocycles. The van der Waals surface area contributed by atoms with E-state index in [1.807, 2.05) is 13.8 Å². The number of carboxylic acids is 1. The van der Waals surface area contributed by atoms with Crippen molar-refractivity contribution >= 4 is 21.7 Å². The summed E-state index contributed by atoms with van der Waals surface area (Å²) >= 11 is 0. The molecule has 248 valence electrons. The smallest absolute Gasteiger partial charge is 0.435 e. The van der Waals surface area contributed by atoms with Crippen molar-refractivity contribution in [1.29, 1.82) is 0 Å². The summed E-state index contributed by atoms with van der Waals surface area (Å²) in [4.78, 5) is 25.4. The molecule has 46 heavy (non-hydrogen) atoms. The van der Waals surface area contributed by atoms with Gasteiger partial charge in [-0.3, -0.25) is 4.79 Å². The molecule has 1 N–H and O–H groups in total. The van der Waals surface area contributed by atoms with Crippen LogP contribution in [0.3, 0.4) is 0 Å². The van der Waals surface area contributed by atoms with Crippen LogP contribution in [0.25, 0.3) is 0 Å². The highest BCUT2D eigenvalue weighted by Crippen LogP contribution is 2.56. The Morgan fingerprint density at radius 1 is 0.870 bits per heavy atom. The Morgan fingerprint density at radius 2 is 1.46 bits per heavy atom. The lowest BCUT2D eigenvalue weighted by Crippen LogP contribution is -2.53. The number of hydrogen-bond donors (Lipinski definition) is 1. The zero-order valence-corrected chi connectivity index (χ0v) is 25.0. The number of rotatable bonds is 5. The lowest BCUT2D eigenvalue weighted by Gasteiger charge is -2.43. The van der Waals surface area contributed by atoms with E-state index in [1.165, 1.54) is 17.0 Å². The van der Waals surface area contributed by atoms with Gasteiger partial charge in [0.15, 0.2) is 9.84 Å². The quantitative estimate of drug-likeness (QED) is 0.285. The number of nitrogens with zero attached hydrogens (tertiary/aromatic N) is 1. The zero-order chi connectivity index (χ0) is 34.5. The van der Waals surface area contributed by atoms with Crippen molar-refractivity contribution in [3.63, 3.8) is 0 Å². The Bertz CT molecular complexity index is 1740. The molecule has 3 aromatic rings. The Kier molecular flexibility index (Phi) is 9.07. The second-order valence-corrected chi connectivity index (χ2v) is 12.8. The molecule has 1 aliphatic heterocycles. The summed E-state index contributed by atoms with van der Waals surface area (Å²) in [6, 6.07) is 8.66. The fourth-order valence-electron chi connectivity index (χ4n) is 6.24. The van der Waals surface area contributed by atoms with Crippen LogP contribution in [0, 0.1) is 5.82 Å². The molecule has 1 aliphatic carbocycles. The minimum Gasteiger partial charge on any atom is -0.478 e. The highest BCUT2D eigenvalue weighted by atomic mass is 32.2. The molecule has 1 heterocycles. The van der Waals surface area contributed by atoms with Gasteiger partial charge in [-0.2, -0.15) is 26.3 Å². The van der Waals surface area contributed by atoms with E-state index in [2.05, 4.69) is 0 Å². The van der Waals surface area contributed by atoms with Crippen molar-refractivity contribution < 1.29 is 58.2 Å². The zero-order valence-electron chi connectivity index (χ0n) is 24.2. The molecule has 2 aliphatic rings. The van der Waals surface area contributed by atoms with Crippen molar-refractivity contribution in [3.8, 4) is 0 Å². The van der Waals surface area contributed by atoms with Crippen LogP contribution in [0.2, 0.25) is 0 Å². The molecule has 15 heteroatoms. The number of likely N-dealkylation sites (tertiary alicyclic amines) is 1. The number of alkyl halides is 7. The number of amides is 1. The number of benzene rings is 3. The number of aromatic carboxylic acids is 1. The van der Waals surface area contributed by atoms with Crippen LogP contribution in [-0.4, -0.2) is 55.2 Å². The van der Waals surface area contributed by atoms with E-state index in [-0.39, 0.29) is 54.1 Å². The molecule has 0 spiro atoms. The average molecular weight is 678 g/mol. The first-order valence-corrected chi connectivity index (χ1v) is 15.5. The summed E-state index contributed by atoms with van der Waals surface area (Å²) in [5, 5.41) is 9.15. The Balaban J connectivity index is 0.00000235. The molecule has 0 saturated carbocycles. The third kappa shape index (κ3) is 5.31. The van der Waals surface area contributed by atoms with Gasteiger partial charge in [0.25, 0.3) is 5.91 Å². The van der Waals surface area contributed by atoms with Crippen LogP contribution in [-0.2, 0) is 26.7 Å². The third-order valence-electron chi connectivity index (χ3n) is 8.29. The van der Waals surface area contributed by atoms with Crippen LogP contribution in [0.1, 0.15) is 64.1 Å². The van der Waals surface area contributed by atoms with E-state index >= 15 is 0 Å². The fourth-order valence-corrected chi connectivity index (χ4v) is 8.64. The first-order valence-electron chi connectivity index (χ1n) is 14.0. The second kappa shape index (κ2) is 12.0. The summed E-state index contributed by atoms with van der Waals surface area (Å²) in [6.07, 6.45) is -13.7. The van der Waals surface area contributed by atoms with Crippen molar-refractivity contribution in [3.05, 3.63) is 100 Å². The molecule has 1 fully saturated rings. The fraction of sp³-hybridized carbons (Fsp3) is 0.355. The van der Waals surface area contributed by atoms with Gasteiger partial charge in [-0.25, -0.2) is 22.0 Å². The molecule has 5 rings (SSSR count). The van der Waals surface area contributed by atoms with Crippen molar-refractivity contribution in [2.24, 2.45) is 0 Å². The molecule has 0 bridgehead atoms. The summed E-state index contributed by atoms with van der Waals surface area (Å²) in [5.74, 6) is -2.91. The largest absolute Gasteiger partial charge is 0.478 e. The van der Waals surface area contributed by atoms with Gasteiger partial charge in [-0.05, 0) is 72.9 Å². The maximum Gasteiger partial charge on any atom is 0.435 e. The number of sulfone groups is 1. The monoisotopic (exact) mass is 677 g/mol. The summed E-state index contributed by atoms with van der Waals surface area (Å²) in [6.45, 7) is 3.76. The number of carbonyl (C=O) groups is 2. The molecule has 0 radical (unpaired) electrons. The number of halogens is 8. The lowest BCUT2D eigenvalue weighted by atomic mass is 9.76. The number of fused-ring (bicyclic) bond motifs is 3. The van der Waals surface area contributed by atoms with E-state index in [0.29, 0.717) is 18.2 Å². The standard InChI is InChI=1S/C29H21F8NO5S.C2H6/c30-20-2-1-3-21(15-20)44(42,43)26-12-13-38(24(39)16-4-6-17(7-5-16)25(40)41)23(26)11-8-18-14-19(9-10-22(18)26)27(31,28(32,33)34)29(35,36)37;1-2/h1-7,9-10,14-15,23H,8,11-13H2,(H,40,41);1-2H3. The number of hydrogen-bond acceptors (Lipinski definition) is 4. The SMILES string of the molecule is CC.O=C(O)c1ccc(C(=O)N2CCC3(S(=O)(=O)c4cccc(F)c4)c4ccc(C(F)(C(F)(F)F)C(F)(F)F)cc4CCC23)cc1. The molecular formula is C31H27F8NO5S. The Labute approximate surface area is 258 Å². The normalized spacial score (nSPS) is 19.9. The van der Waals surface area contributed by atoms with E-state index in [9.17, 15) is 53.1 Å². The highest BCUT2D eigenvalue weighted by molar-refractivity contribution is 7.92. The van der Waals surface area contributed by atoms with Crippen molar-refractivity contribution in [2.45, 2.75) is 66.8 Å². The highest BCUT2D eigenvalue weighted by Gasteiger charge is 2.73. The van der Waals surface area contributed by atoms with Gasteiger partial charge in [0.05, 0.1) is 16.5 Å². The maximum atomic E-state index is 14.9. The molecule has 3 aromatic carbocycles. The predicted molar refractivity (Wildman–Crippen MR) is 149 cm³/mol. The van der Waals surface area contributed by atoms with Gasteiger partial charge < -0.3 is 10.0 Å². The molecule has 2 unspecified atom stereocenters. The van der Waals surface area contributed by atoms with E-state index in [4.69, 9.17) is 5.11 Å². The van der Waals surface area contributed by atoms with Gasteiger partial charge in [0, 0.05) is 17.7 Å². The predicted octanol–water partition coefficient (Wildman–Crippen LogP) is 7.37. The van der Waals surface area contributed by atoms with Crippen molar-refractivity contribution in [1.82, 2.24) is 4.90 Å². The third-order valence-corrected chi connectivity index (χ3v) is 10.8. The summed E-state index contributed by atoms with van der Waals surface area (Å²) < 4.78 is 137. The lowest BCUT2D eigenvalue weighted by molar-refractivity contribution is -0.348. The molecule has 2 atom stereocenters. The topological polar surface area (TPSA) is 91.8 Å². The van der Waals surface area contributed by atoms with Gasteiger partial charge in [-0.1, -0.05) is 38.1 Å². The molecule has 1 amide bonds. The second-order valence-electron chi connectivity index (χ2n) is 10.6. The van der Waals surface area contributed by atoms with E-state index < -0.39 is 66.8 Å². The number of carboxylic acid groups (broad SMARTS) is 1. The average Bonchev–Trinajstić information content (AvgIpc) is 3.41. The first-order chi connectivity index (χ1) is 21.4. The van der Waals surface area contributed by atoms with Gasteiger partial charge >= 0.3 is 24.0 Å². The minimum absolute atomic E-state index is 0.00679. The summed E-state index contributed by atoms with van der Waals surface area (Å²) in [5.41, 5.74) is -8.19. The van der Waals surface area contributed by atoms with Crippen LogP contribution >= 0.6 is 0 Å². The van der Waals surface area contributed by atoms with E-state index in [0.717, 1.165) is 30.3 Å². The first kappa shape index (κ1) is 34.9. The number of aryl methyl sites for hydroxylation is 1. The van der Waals surface area contributed by atoms with Gasteiger partial charge in [-0.15, -0.1) is 0 Å². The van der Waals surface area contributed by atoms with Crippen LogP contribution in [0.4, 0.5) is 35.1 Å². The van der Waals surface area contributed by atoms with Gasteiger partial charge in [0.2, 0.25) is 0 Å². The van der Waals surface area contributed by atoms with Crippen molar-refractivity contribution in [2.75, 3.05) is 6.54 Å². The van der Waals surface area contributed by atoms with Crippen LogP contribution in [0.15, 0.2) is 71.6 Å². The Hall–Kier alpha value is -4.01. The maximum absolute atomic E-state index is 14.9. The van der Waals surface area contributed by atoms with Crippen LogP contribution in [0.5, 0.6) is 0 Å². The molecular weight excluding hydrogens is 650 g/mol. The number of carbonyl (C=O) groups excluding carboxylic acids is 1. The minimum atomic E-state index is -6.39. The molecule has 1 saturated heterocycles. The van der Waals surface area contributed by atoms with Crippen LogP contribution < -0.4 is 0 Å².